The Balaban J connectivity index is 1.41. The SMILES string of the molecule is COc1cccc(CCCNC(=O)C2CCCN(S(=O)(=O)CCCc3ccccc3)C2)c1. The van der Waals surface area contributed by atoms with Gasteiger partial charge in [-0.05, 0) is 61.8 Å². The number of ether oxygens (including phenoxy) is 1. The highest BCUT2D eigenvalue weighted by Gasteiger charge is 2.31. The van der Waals surface area contributed by atoms with Crippen molar-refractivity contribution in [2.45, 2.75) is 38.5 Å². The van der Waals surface area contributed by atoms with Crippen molar-refractivity contribution < 1.29 is 17.9 Å². The van der Waals surface area contributed by atoms with Crippen molar-refractivity contribution in [3.8, 4) is 5.75 Å². The summed E-state index contributed by atoms with van der Waals surface area (Å²) >= 11 is 0. The Hall–Kier alpha value is -2.38. The summed E-state index contributed by atoms with van der Waals surface area (Å²) in [6.45, 7) is 1.37. The minimum absolute atomic E-state index is 0.0418. The zero-order chi connectivity index (χ0) is 22.8. The van der Waals surface area contributed by atoms with Crippen LogP contribution in [0, 0.1) is 5.92 Å². The summed E-state index contributed by atoms with van der Waals surface area (Å²) in [4.78, 5) is 12.6. The van der Waals surface area contributed by atoms with Gasteiger partial charge in [-0.2, -0.15) is 0 Å². The van der Waals surface area contributed by atoms with Crippen LogP contribution in [0.4, 0.5) is 0 Å². The number of hydrogen-bond donors (Lipinski definition) is 1. The molecule has 7 heteroatoms. The van der Waals surface area contributed by atoms with E-state index in [-0.39, 0.29) is 24.1 Å². The molecule has 1 amide bonds. The molecule has 0 bridgehead atoms. The third kappa shape index (κ3) is 7.35. The van der Waals surface area contributed by atoms with Crippen molar-refractivity contribution in [2.24, 2.45) is 5.92 Å². The highest BCUT2D eigenvalue weighted by molar-refractivity contribution is 7.89. The van der Waals surface area contributed by atoms with E-state index in [0.717, 1.165) is 43.4 Å². The number of nitrogens with one attached hydrogen (secondary N) is 1. The van der Waals surface area contributed by atoms with Crippen LogP contribution >= 0.6 is 0 Å². The number of amides is 1. The molecule has 2 aromatic rings. The molecule has 1 heterocycles. The van der Waals surface area contributed by atoms with Gasteiger partial charge in [-0.1, -0.05) is 42.5 Å². The van der Waals surface area contributed by atoms with Crippen LogP contribution in [0.5, 0.6) is 5.75 Å². The minimum Gasteiger partial charge on any atom is -0.497 e. The molecule has 1 aliphatic heterocycles. The lowest BCUT2D eigenvalue weighted by atomic mass is 9.99. The molecule has 2 aromatic carbocycles. The van der Waals surface area contributed by atoms with Gasteiger partial charge in [-0.3, -0.25) is 4.79 Å². The number of sulfonamides is 1. The molecule has 0 aliphatic carbocycles. The summed E-state index contributed by atoms with van der Waals surface area (Å²) in [5.74, 6) is 0.639. The fourth-order valence-electron chi connectivity index (χ4n) is 4.12. The van der Waals surface area contributed by atoms with E-state index in [1.54, 1.807) is 7.11 Å². The first-order valence-electron chi connectivity index (χ1n) is 11.4. The molecule has 3 rings (SSSR count). The van der Waals surface area contributed by atoms with Crippen LogP contribution in [-0.4, -0.2) is 51.1 Å². The van der Waals surface area contributed by atoms with Crippen LogP contribution in [0.3, 0.4) is 0 Å². The molecule has 0 radical (unpaired) electrons. The molecule has 1 fully saturated rings. The molecule has 0 aromatic heterocycles. The van der Waals surface area contributed by atoms with Crippen molar-refractivity contribution in [1.29, 1.82) is 0 Å². The average Bonchev–Trinajstić information content (AvgIpc) is 2.82. The summed E-state index contributed by atoms with van der Waals surface area (Å²) in [7, 11) is -1.70. The second-order valence-corrected chi connectivity index (χ2v) is 10.4. The summed E-state index contributed by atoms with van der Waals surface area (Å²) in [5.41, 5.74) is 2.32. The number of aryl methyl sites for hydroxylation is 2. The topological polar surface area (TPSA) is 75.7 Å². The Morgan fingerprint density at radius 2 is 1.81 bits per heavy atom. The fraction of sp³-hybridized carbons (Fsp3) is 0.480. The maximum atomic E-state index is 12.8. The highest BCUT2D eigenvalue weighted by atomic mass is 32.2. The number of benzene rings is 2. The normalized spacial score (nSPS) is 17.1. The number of carbonyl (C=O) groups is 1. The van der Waals surface area contributed by atoms with Gasteiger partial charge < -0.3 is 10.1 Å². The van der Waals surface area contributed by atoms with E-state index in [0.29, 0.717) is 19.5 Å². The van der Waals surface area contributed by atoms with E-state index in [1.165, 1.54) is 9.87 Å². The predicted octanol–water partition coefficient (Wildman–Crippen LogP) is 3.42. The Morgan fingerprint density at radius 1 is 1.06 bits per heavy atom. The number of methoxy groups -OCH3 is 1. The first-order valence-corrected chi connectivity index (χ1v) is 13.0. The smallest absolute Gasteiger partial charge is 0.224 e. The summed E-state index contributed by atoms with van der Waals surface area (Å²) in [6.07, 6.45) is 4.46. The molecule has 1 atom stereocenters. The van der Waals surface area contributed by atoms with Gasteiger partial charge in [0.2, 0.25) is 15.9 Å². The van der Waals surface area contributed by atoms with Crippen LogP contribution in [0.25, 0.3) is 0 Å². The lowest BCUT2D eigenvalue weighted by molar-refractivity contribution is -0.126. The monoisotopic (exact) mass is 458 g/mol. The van der Waals surface area contributed by atoms with E-state index in [1.807, 2.05) is 54.6 Å². The zero-order valence-corrected chi connectivity index (χ0v) is 19.6. The maximum absolute atomic E-state index is 12.8. The second-order valence-electron chi connectivity index (χ2n) is 8.35. The zero-order valence-electron chi connectivity index (χ0n) is 18.8. The van der Waals surface area contributed by atoms with Crippen LogP contribution in [0.2, 0.25) is 0 Å². The van der Waals surface area contributed by atoms with Crippen LogP contribution in [0.1, 0.15) is 36.8 Å². The Kier molecular flexibility index (Phi) is 9.11. The van der Waals surface area contributed by atoms with Crippen LogP contribution in [0.15, 0.2) is 54.6 Å². The number of nitrogens with zero attached hydrogens (tertiary/aromatic N) is 1. The molecule has 0 saturated carbocycles. The van der Waals surface area contributed by atoms with Gasteiger partial charge in [-0.25, -0.2) is 12.7 Å². The number of piperidine rings is 1. The third-order valence-electron chi connectivity index (χ3n) is 5.93. The molecule has 1 saturated heterocycles. The van der Waals surface area contributed by atoms with E-state index >= 15 is 0 Å². The minimum atomic E-state index is -3.35. The van der Waals surface area contributed by atoms with Gasteiger partial charge in [0, 0.05) is 19.6 Å². The molecule has 0 spiro atoms. The van der Waals surface area contributed by atoms with Crippen molar-refractivity contribution in [3.63, 3.8) is 0 Å². The van der Waals surface area contributed by atoms with E-state index < -0.39 is 10.0 Å². The summed E-state index contributed by atoms with van der Waals surface area (Å²) in [6, 6.07) is 17.8. The maximum Gasteiger partial charge on any atom is 0.224 e. The molecular formula is C25H34N2O4S. The predicted molar refractivity (Wildman–Crippen MR) is 127 cm³/mol. The van der Waals surface area contributed by atoms with E-state index in [4.69, 9.17) is 4.74 Å². The first kappa shape index (κ1) is 24.3. The van der Waals surface area contributed by atoms with Crippen molar-refractivity contribution >= 4 is 15.9 Å². The Labute approximate surface area is 192 Å². The molecule has 1 aliphatic rings. The first-order chi connectivity index (χ1) is 15.5. The number of rotatable bonds is 11. The van der Waals surface area contributed by atoms with Crippen LogP contribution in [-0.2, 0) is 27.7 Å². The summed E-state index contributed by atoms with van der Waals surface area (Å²) < 4.78 is 32.4. The molecule has 174 valence electrons. The third-order valence-corrected chi connectivity index (χ3v) is 7.86. The largest absolute Gasteiger partial charge is 0.497 e. The number of hydrogen-bond acceptors (Lipinski definition) is 4. The van der Waals surface area contributed by atoms with Gasteiger partial charge in [-0.15, -0.1) is 0 Å². The lowest BCUT2D eigenvalue weighted by Gasteiger charge is -2.31. The average molecular weight is 459 g/mol. The lowest BCUT2D eigenvalue weighted by Crippen LogP contribution is -2.46. The Bertz CT molecular complexity index is 963. The molecular weight excluding hydrogens is 424 g/mol. The quantitative estimate of drug-likeness (QED) is 0.524. The van der Waals surface area contributed by atoms with Gasteiger partial charge in [0.05, 0.1) is 18.8 Å². The van der Waals surface area contributed by atoms with Gasteiger partial charge in [0.1, 0.15) is 5.75 Å². The molecule has 32 heavy (non-hydrogen) atoms. The molecule has 1 unspecified atom stereocenters. The van der Waals surface area contributed by atoms with Crippen molar-refractivity contribution in [1.82, 2.24) is 9.62 Å². The second kappa shape index (κ2) is 12.0. The summed E-state index contributed by atoms with van der Waals surface area (Å²) in [5, 5.41) is 3.00. The van der Waals surface area contributed by atoms with E-state index in [9.17, 15) is 13.2 Å². The molecule has 1 N–H and O–H groups in total. The molecule has 6 nitrogen and oxygen atoms in total. The van der Waals surface area contributed by atoms with Gasteiger partial charge in [0.15, 0.2) is 0 Å². The van der Waals surface area contributed by atoms with Crippen molar-refractivity contribution in [3.05, 3.63) is 65.7 Å². The standard InChI is InChI=1S/C25H34N2O4S/c1-31-24-15-5-11-22(19-24)12-6-16-26-25(28)23-14-7-17-27(20-23)32(29,30)18-8-13-21-9-3-2-4-10-21/h2-5,9-11,15,19,23H,6-8,12-14,16-18,20H2,1H3,(H,26,28). The van der Waals surface area contributed by atoms with E-state index in [2.05, 4.69) is 5.32 Å². The highest BCUT2D eigenvalue weighted by Crippen LogP contribution is 2.21. The number of carbonyl (C=O) groups excluding carboxylic acids is 1. The fourth-order valence-corrected chi connectivity index (χ4v) is 5.70. The van der Waals surface area contributed by atoms with Crippen molar-refractivity contribution in [2.75, 3.05) is 32.5 Å². The van der Waals surface area contributed by atoms with Gasteiger partial charge in [0.25, 0.3) is 0 Å². The Morgan fingerprint density at radius 3 is 2.59 bits per heavy atom. The van der Waals surface area contributed by atoms with Crippen LogP contribution < -0.4 is 10.1 Å². The van der Waals surface area contributed by atoms with Gasteiger partial charge >= 0.3 is 0 Å².